The van der Waals surface area contributed by atoms with Gasteiger partial charge in [0.25, 0.3) is 0 Å². The molecule has 1 amide bonds. The summed E-state index contributed by atoms with van der Waals surface area (Å²) in [7, 11) is 1.51. The molecule has 2 rings (SSSR count). The Balaban J connectivity index is 1.79. The minimum atomic E-state index is -0.862. The molecule has 128 valence electrons. The zero-order valence-corrected chi connectivity index (χ0v) is 14.5. The number of hydrogen-bond donors (Lipinski definition) is 1. The molecule has 0 spiro atoms. The number of carbonyl (C=O) groups excluding carboxylic acids is 1. The summed E-state index contributed by atoms with van der Waals surface area (Å²) in [6, 6.07) is 8.77. The Labute approximate surface area is 148 Å². The van der Waals surface area contributed by atoms with Gasteiger partial charge in [-0.2, -0.15) is 11.8 Å². The Hall–Kier alpha value is -1.79. The summed E-state index contributed by atoms with van der Waals surface area (Å²) in [6.45, 7) is 0. The molecule has 0 unspecified atom stereocenters. The van der Waals surface area contributed by atoms with Crippen LogP contribution in [0.2, 0.25) is 5.02 Å². The first-order valence-corrected chi connectivity index (χ1v) is 8.68. The van der Waals surface area contributed by atoms with Crippen molar-refractivity contribution < 1.29 is 18.3 Å². The summed E-state index contributed by atoms with van der Waals surface area (Å²) >= 11 is 7.37. The van der Waals surface area contributed by atoms with Crippen molar-refractivity contribution in [3.63, 3.8) is 0 Å². The van der Waals surface area contributed by atoms with Crippen LogP contribution in [-0.2, 0) is 10.5 Å². The average molecular weight is 372 g/mol. The van der Waals surface area contributed by atoms with Gasteiger partial charge >= 0.3 is 0 Å². The number of anilines is 1. The Morgan fingerprint density at radius 2 is 2.00 bits per heavy atom. The molecule has 24 heavy (non-hydrogen) atoms. The lowest BCUT2D eigenvalue weighted by Crippen LogP contribution is -2.13. The van der Waals surface area contributed by atoms with Crippen LogP contribution in [0.5, 0.6) is 5.75 Å². The standard InChI is InChI=1S/C17H16ClF2NO2S/c1-23-16-5-3-12(18)9-15(16)21-17(22)6-7-24-10-11-2-4-13(19)14(20)8-11/h2-5,8-9H,6-7,10H2,1H3,(H,21,22). The largest absolute Gasteiger partial charge is 0.495 e. The van der Waals surface area contributed by atoms with Gasteiger partial charge in [0.2, 0.25) is 5.91 Å². The van der Waals surface area contributed by atoms with Crippen molar-refractivity contribution in [1.29, 1.82) is 0 Å². The zero-order chi connectivity index (χ0) is 17.5. The molecule has 0 aliphatic carbocycles. The summed E-state index contributed by atoms with van der Waals surface area (Å²) in [6.07, 6.45) is 0.282. The summed E-state index contributed by atoms with van der Waals surface area (Å²) in [5, 5.41) is 3.25. The Kier molecular flexibility index (Phi) is 6.87. The van der Waals surface area contributed by atoms with Crippen molar-refractivity contribution in [1.82, 2.24) is 0 Å². The van der Waals surface area contributed by atoms with Crippen LogP contribution < -0.4 is 10.1 Å². The van der Waals surface area contributed by atoms with Gasteiger partial charge in [0.1, 0.15) is 5.75 Å². The molecule has 0 saturated heterocycles. The number of rotatable bonds is 7. The monoisotopic (exact) mass is 371 g/mol. The SMILES string of the molecule is COc1ccc(Cl)cc1NC(=O)CCSCc1ccc(F)c(F)c1. The highest BCUT2D eigenvalue weighted by Crippen LogP contribution is 2.27. The maximum Gasteiger partial charge on any atom is 0.225 e. The quantitative estimate of drug-likeness (QED) is 0.704. The van der Waals surface area contributed by atoms with Gasteiger partial charge in [-0.25, -0.2) is 8.78 Å². The topological polar surface area (TPSA) is 38.3 Å². The highest BCUT2D eigenvalue weighted by molar-refractivity contribution is 7.98. The lowest BCUT2D eigenvalue weighted by Gasteiger charge is -2.10. The van der Waals surface area contributed by atoms with Gasteiger partial charge < -0.3 is 10.1 Å². The molecule has 3 nitrogen and oxygen atoms in total. The molecule has 2 aromatic carbocycles. The van der Waals surface area contributed by atoms with E-state index in [0.717, 1.165) is 6.07 Å². The smallest absolute Gasteiger partial charge is 0.225 e. The molecule has 0 bridgehead atoms. The van der Waals surface area contributed by atoms with Crippen LogP contribution >= 0.6 is 23.4 Å². The lowest BCUT2D eigenvalue weighted by atomic mass is 10.2. The fourth-order valence-electron chi connectivity index (χ4n) is 1.97. The van der Waals surface area contributed by atoms with E-state index in [1.165, 1.54) is 31.0 Å². The Bertz CT molecular complexity index is 728. The normalized spacial score (nSPS) is 10.5. The molecule has 0 aliphatic rings. The number of hydrogen-bond acceptors (Lipinski definition) is 3. The highest BCUT2D eigenvalue weighted by atomic mass is 35.5. The lowest BCUT2D eigenvalue weighted by molar-refractivity contribution is -0.115. The Morgan fingerprint density at radius 3 is 2.71 bits per heavy atom. The molecule has 0 aromatic heterocycles. The highest BCUT2D eigenvalue weighted by Gasteiger charge is 2.09. The van der Waals surface area contributed by atoms with Crippen LogP contribution in [0.15, 0.2) is 36.4 Å². The number of carbonyl (C=O) groups is 1. The van der Waals surface area contributed by atoms with E-state index in [4.69, 9.17) is 16.3 Å². The summed E-state index contributed by atoms with van der Waals surface area (Å²) in [4.78, 5) is 12.0. The van der Waals surface area contributed by atoms with Crippen molar-refractivity contribution in [2.75, 3.05) is 18.2 Å². The van der Waals surface area contributed by atoms with E-state index >= 15 is 0 Å². The molecular formula is C17H16ClF2NO2S. The maximum absolute atomic E-state index is 13.1. The fourth-order valence-corrected chi connectivity index (χ4v) is 3.04. The van der Waals surface area contributed by atoms with Gasteiger partial charge in [-0.15, -0.1) is 0 Å². The van der Waals surface area contributed by atoms with Crippen LogP contribution in [0.1, 0.15) is 12.0 Å². The van der Waals surface area contributed by atoms with E-state index in [1.807, 2.05) is 0 Å². The predicted octanol–water partition coefficient (Wildman–Crippen LogP) is 4.89. The van der Waals surface area contributed by atoms with Crippen LogP contribution in [-0.4, -0.2) is 18.8 Å². The molecule has 0 atom stereocenters. The molecule has 0 heterocycles. The summed E-state index contributed by atoms with van der Waals surface area (Å²) in [5.41, 5.74) is 1.19. The molecule has 0 aliphatic heterocycles. The third-order valence-electron chi connectivity index (χ3n) is 3.16. The van der Waals surface area contributed by atoms with Crippen LogP contribution in [0.3, 0.4) is 0 Å². The molecule has 1 N–H and O–H groups in total. The van der Waals surface area contributed by atoms with Crippen LogP contribution in [0.4, 0.5) is 14.5 Å². The second-order valence-electron chi connectivity index (χ2n) is 4.94. The summed E-state index contributed by atoms with van der Waals surface area (Å²) < 4.78 is 31.1. The number of halogens is 3. The minimum absolute atomic E-state index is 0.173. The van der Waals surface area contributed by atoms with Gasteiger partial charge in [0.15, 0.2) is 11.6 Å². The van der Waals surface area contributed by atoms with Gasteiger partial charge in [-0.3, -0.25) is 4.79 Å². The van der Waals surface area contributed by atoms with Gasteiger partial charge in [0, 0.05) is 22.9 Å². The van der Waals surface area contributed by atoms with Crippen molar-refractivity contribution in [2.24, 2.45) is 0 Å². The average Bonchev–Trinajstić information content (AvgIpc) is 2.55. The van der Waals surface area contributed by atoms with E-state index in [0.29, 0.717) is 33.5 Å². The van der Waals surface area contributed by atoms with Crippen molar-refractivity contribution in [3.05, 3.63) is 58.6 Å². The fraction of sp³-hybridized carbons (Fsp3) is 0.235. The first kappa shape index (κ1) is 18.5. The van der Waals surface area contributed by atoms with E-state index in [1.54, 1.807) is 18.2 Å². The number of benzene rings is 2. The molecule has 0 saturated carbocycles. The zero-order valence-electron chi connectivity index (χ0n) is 12.9. The number of methoxy groups -OCH3 is 1. The number of thioether (sulfide) groups is 1. The minimum Gasteiger partial charge on any atom is -0.495 e. The molecule has 0 radical (unpaired) electrons. The Morgan fingerprint density at radius 1 is 1.21 bits per heavy atom. The second-order valence-corrected chi connectivity index (χ2v) is 6.49. The third-order valence-corrected chi connectivity index (χ3v) is 4.43. The predicted molar refractivity (Wildman–Crippen MR) is 93.8 cm³/mol. The number of amides is 1. The van der Waals surface area contributed by atoms with E-state index in [-0.39, 0.29) is 12.3 Å². The van der Waals surface area contributed by atoms with Crippen molar-refractivity contribution in [3.8, 4) is 5.75 Å². The first-order valence-electron chi connectivity index (χ1n) is 7.14. The second kappa shape index (κ2) is 8.89. The van der Waals surface area contributed by atoms with E-state index in [9.17, 15) is 13.6 Å². The molecular weight excluding hydrogens is 356 g/mol. The van der Waals surface area contributed by atoms with E-state index < -0.39 is 11.6 Å². The molecule has 0 fully saturated rings. The molecule has 2 aromatic rings. The number of nitrogens with one attached hydrogen (secondary N) is 1. The van der Waals surface area contributed by atoms with Crippen LogP contribution in [0.25, 0.3) is 0 Å². The van der Waals surface area contributed by atoms with Gasteiger partial charge in [-0.1, -0.05) is 17.7 Å². The van der Waals surface area contributed by atoms with E-state index in [2.05, 4.69) is 5.32 Å². The van der Waals surface area contributed by atoms with Crippen LogP contribution in [0, 0.1) is 11.6 Å². The van der Waals surface area contributed by atoms with Crippen molar-refractivity contribution in [2.45, 2.75) is 12.2 Å². The number of ether oxygens (including phenoxy) is 1. The van der Waals surface area contributed by atoms with Crippen molar-refractivity contribution >= 4 is 35.0 Å². The van der Waals surface area contributed by atoms with Gasteiger partial charge in [0.05, 0.1) is 12.8 Å². The summed E-state index contributed by atoms with van der Waals surface area (Å²) in [5.74, 6) is -0.313. The maximum atomic E-state index is 13.1. The third kappa shape index (κ3) is 5.39. The van der Waals surface area contributed by atoms with Gasteiger partial charge in [-0.05, 0) is 35.9 Å². The molecule has 7 heteroatoms. The first-order chi connectivity index (χ1) is 11.5.